The number of nitrogens with one attached hydrogen (secondary N) is 1. The van der Waals surface area contributed by atoms with Crippen molar-refractivity contribution in [2.45, 2.75) is 0 Å². The van der Waals surface area contributed by atoms with Crippen LogP contribution in [0.5, 0.6) is 0 Å². The number of rotatable bonds is 4. The lowest BCUT2D eigenvalue weighted by Crippen LogP contribution is -2.26. The number of nitrogens with zero attached hydrogens (tertiary/aromatic N) is 1. The van der Waals surface area contributed by atoms with Gasteiger partial charge < -0.3 is 10.2 Å². The highest BCUT2D eigenvalue weighted by Crippen LogP contribution is 2.19. The van der Waals surface area contributed by atoms with Crippen molar-refractivity contribution >= 4 is 45.8 Å². The Hall–Kier alpha value is -2.67. The fourth-order valence-corrected chi connectivity index (χ4v) is 3.17. The summed E-state index contributed by atoms with van der Waals surface area (Å²) in [6.45, 7) is 0. The molecule has 0 saturated heterocycles. The molecule has 0 aliphatic rings. The van der Waals surface area contributed by atoms with Crippen molar-refractivity contribution < 1.29 is 9.59 Å². The van der Waals surface area contributed by atoms with Gasteiger partial charge in [0.05, 0.1) is 5.56 Å². The van der Waals surface area contributed by atoms with Crippen LogP contribution in [0.25, 0.3) is 0 Å². The lowest BCUT2D eigenvalue weighted by molar-refractivity contribution is 0.0990. The highest BCUT2D eigenvalue weighted by atomic mass is 127. The van der Waals surface area contributed by atoms with E-state index in [0.29, 0.717) is 16.8 Å². The van der Waals surface area contributed by atoms with Crippen molar-refractivity contribution in [3.05, 3.63) is 93.6 Å². The maximum Gasteiger partial charge on any atom is 0.258 e. The second kappa shape index (κ2) is 8.14. The van der Waals surface area contributed by atoms with E-state index in [2.05, 4.69) is 27.9 Å². The first-order valence-electron chi connectivity index (χ1n) is 8.05. The molecule has 1 N–H and O–H groups in total. The van der Waals surface area contributed by atoms with Crippen molar-refractivity contribution in [3.8, 4) is 0 Å². The molecule has 3 aromatic carbocycles. The van der Waals surface area contributed by atoms with Crippen molar-refractivity contribution in [2.75, 3.05) is 17.3 Å². The van der Waals surface area contributed by atoms with Gasteiger partial charge in [0.2, 0.25) is 0 Å². The van der Waals surface area contributed by atoms with Gasteiger partial charge in [-0.05, 0) is 65.1 Å². The van der Waals surface area contributed by atoms with Gasteiger partial charge in [0.25, 0.3) is 11.8 Å². The van der Waals surface area contributed by atoms with Crippen LogP contribution >= 0.6 is 22.6 Å². The first-order chi connectivity index (χ1) is 12.6. The molecule has 3 rings (SSSR count). The zero-order valence-electron chi connectivity index (χ0n) is 14.1. The predicted molar refractivity (Wildman–Crippen MR) is 113 cm³/mol. The summed E-state index contributed by atoms with van der Waals surface area (Å²) in [5.41, 5.74) is 2.51. The van der Waals surface area contributed by atoms with E-state index in [-0.39, 0.29) is 11.8 Å². The molecular formula is C21H17IN2O2. The molecule has 0 heterocycles. The minimum Gasteiger partial charge on any atom is -0.322 e. The molecule has 4 nitrogen and oxygen atoms in total. The summed E-state index contributed by atoms with van der Waals surface area (Å²) in [5, 5.41) is 2.86. The number of benzene rings is 3. The van der Waals surface area contributed by atoms with Gasteiger partial charge in [0, 0.05) is 27.6 Å². The standard InChI is InChI=1S/C21H17IN2O2/c1-24(17-10-3-2-4-11-17)21(26)15-8-7-9-16(14-15)23-20(25)18-12-5-6-13-19(18)22/h2-14H,1H3,(H,23,25). The van der Waals surface area contributed by atoms with E-state index in [0.717, 1.165) is 9.26 Å². The Labute approximate surface area is 166 Å². The van der Waals surface area contributed by atoms with Crippen LogP contribution in [0, 0.1) is 3.57 Å². The maximum absolute atomic E-state index is 12.7. The average Bonchev–Trinajstić information content (AvgIpc) is 2.68. The molecule has 0 fully saturated rings. The van der Waals surface area contributed by atoms with Gasteiger partial charge in [-0.3, -0.25) is 9.59 Å². The van der Waals surface area contributed by atoms with E-state index in [1.165, 1.54) is 0 Å². The summed E-state index contributed by atoms with van der Waals surface area (Å²) >= 11 is 2.13. The van der Waals surface area contributed by atoms with E-state index < -0.39 is 0 Å². The molecule has 130 valence electrons. The van der Waals surface area contributed by atoms with Gasteiger partial charge in [-0.25, -0.2) is 0 Å². The molecule has 0 aliphatic heterocycles. The summed E-state index contributed by atoms with van der Waals surface area (Å²) in [7, 11) is 1.73. The quantitative estimate of drug-likeness (QED) is 0.573. The molecule has 0 saturated carbocycles. The van der Waals surface area contributed by atoms with Gasteiger partial charge in [-0.15, -0.1) is 0 Å². The van der Waals surface area contributed by atoms with Crippen LogP contribution in [0.2, 0.25) is 0 Å². The number of halogens is 1. The first kappa shape index (κ1) is 18.1. The molecule has 0 bridgehead atoms. The molecule has 26 heavy (non-hydrogen) atoms. The fourth-order valence-electron chi connectivity index (χ4n) is 2.54. The Balaban J connectivity index is 1.79. The molecule has 5 heteroatoms. The maximum atomic E-state index is 12.7. The van der Waals surface area contributed by atoms with E-state index in [9.17, 15) is 9.59 Å². The van der Waals surface area contributed by atoms with E-state index in [1.807, 2.05) is 48.5 Å². The van der Waals surface area contributed by atoms with E-state index in [1.54, 1.807) is 42.3 Å². The van der Waals surface area contributed by atoms with Gasteiger partial charge in [0.15, 0.2) is 0 Å². The zero-order valence-corrected chi connectivity index (χ0v) is 16.3. The number of amides is 2. The van der Waals surface area contributed by atoms with Crippen LogP contribution in [-0.2, 0) is 0 Å². The topological polar surface area (TPSA) is 49.4 Å². The fraction of sp³-hybridized carbons (Fsp3) is 0.0476. The van der Waals surface area contributed by atoms with Crippen LogP contribution in [0.15, 0.2) is 78.9 Å². The summed E-state index contributed by atoms with van der Waals surface area (Å²) in [6, 6.07) is 23.8. The Morgan fingerprint density at radius 2 is 1.58 bits per heavy atom. The molecule has 0 unspecified atom stereocenters. The molecule has 3 aromatic rings. The SMILES string of the molecule is CN(C(=O)c1cccc(NC(=O)c2ccccc2I)c1)c1ccccc1. The molecule has 0 atom stereocenters. The third-order valence-electron chi connectivity index (χ3n) is 3.93. The molecule has 0 aromatic heterocycles. The number of hydrogen-bond donors (Lipinski definition) is 1. The molecule has 0 radical (unpaired) electrons. The Morgan fingerprint density at radius 3 is 2.31 bits per heavy atom. The van der Waals surface area contributed by atoms with Crippen LogP contribution < -0.4 is 10.2 Å². The largest absolute Gasteiger partial charge is 0.322 e. The third kappa shape index (κ3) is 4.11. The Bertz CT molecular complexity index is 942. The summed E-state index contributed by atoms with van der Waals surface area (Å²) in [4.78, 5) is 26.8. The second-order valence-electron chi connectivity index (χ2n) is 5.71. The van der Waals surface area contributed by atoms with E-state index in [4.69, 9.17) is 0 Å². The summed E-state index contributed by atoms with van der Waals surface area (Å²) < 4.78 is 0.874. The first-order valence-corrected chi connectivity index (χ1v) is 9.13. The average molecular weight is 456 g/mol. The Kier molecular flexibility index (Phi) is 5.68. The summed E-state index contributed by atoms with van der Waals surface area (Å²) in [6.07, 6.45) is 0. The predicted octanol–water partition coefficient (Wildman–Crippen LogP) is 4.82. The van der Waals surface area contributed by atoms with Crippen molar-refractivity contribution in [1.29, 1.82) is 0 Å². The number of para-hydroxylation sites is 1. The van der Waals surface area contributed by atoms with Crippen LogP contribution in [0.4, 0.5) is 11.4 Å². The molecule has 0 aliphatic carbocycles. The van der Waals surface area contributed by atoms with Crippen molar-refractivity contribution in [2.24, 2.45) is 0 Å². The lowest BCUT2D eigenvalue weighted by atomic mass is 10.1. The zero-order chi connectivity index (χ0) is 18.5. The number of carbonyl (C=O) groups excluding carboxylic acids is 2. The highest BCUT2D eigenvalue weighted by Gasteiger charge is 2.15. The molecule has 2 amide bonds. The Morgan fingerprint density at radius 1 is 0.885 bits per heavy atom. The number of hydrogen-bond acceptors (Lipinski definition) is 2. The number of carbonyl (C=O) groups is 2. The van der Waals surface area contributed by atoms with Gasteiger partial charge >= 0.3 is 0 Å². The van der Waals surface area contributed by atoms with Crippen molar-refractivity contribution in [3.63, 3.8) is 0 Å². The van der Waals surface area contributed by atoms with Crippen LogP contribution in [0.1, 0.15) is 20.7 Å². The lowest BCUT2D eigenvalue weighted by Gasteiger charge is -2.17. The van der Waals surface area contributed by atoms with E-state index >= 15 is 0 Å². The molecular weight excluding hydrogens is 439 g/mol. The van der Waals surface area contributed by atoms with Crippen LogP contribution in [0.3, 0.4) is 0 Å². The minimum absolute atomic E-state index is 0.137. The third-order valence-corrected chi connectivity index (χ3v) is 4.87. The van der Waals surface area contributed by atoms with Gasteiger partial charge in [0.1, 0.15) is 0 Å². The van der Waals surface area contributed by atoms with Gasteiger partial charge in [-0.1, -0.05) is 36.4 Å². The second-order valence-corrected chi connectivity index (χ2v) is 6.88. The number of anilines is 2. The van der Waals surface area contributed by atoms with Gasteiger partial charge in [-0.2, -0.15) is 0 Å². The normalized spacial score (nSPS) is 10.2. The van der Waals surface area contributed by atoms with Crippen molar-refractivity contribution in [1.82, 2.24) is 0 Å². The highest BCUT2D eigenvalue weighted by molar-refractivity contribution is 14.1. The summed E-state index contributed by atoms with van der Waals surface area (Å²) in [5.74, 6) is -0.336. The smallest absolute Gasteiger partial charge is 0.258 e. The molecule has 0 spiro atoms. The minimum atomic E-state index is -0.198. The monoisotopic (exact) mass is 456 g/mol. The van der Waals surface area contributed by atoms with Crippen LogP contribution in [-0.4, -0.2) is 18.9 Å².